The fraction of sp³-hybridized carbons (Fsp3) is 0.286. The Morgan fingerprint density at radius 1 is 1.29 bits per heavy atom. The van der Waals surface area contributed by atoms with E-state index >= 15 is 0 Å². The molecule has 0 saturated carbocycles. The molecule has 1 aliphatic heterocycles. The van der Waals surface area contributed by atoms with Crippen molar-refractivity contribution < 1.29 is 4.39 Å². The van der Waals surface area contributed by atoms with Crippen molar-refractivity contribution in [3.8, 4) is 0 Å². The Labute approximate surface area is 122 Å². The smallest absolute Gasteiger partial charge is 0.223 e. The number of benzene rings is 1. The van der Waals surface area contributed by atoms with Crippen LogP contribution in [-0.4, -0.2) is 29.1 Å². The van der Waals surface area contributed by atoms with Crippen LogP contribution < -0.4 is 21.7 Å². The quantitative estimate of drug-likeness (QED) is 0.792. The van der Waals surface area contributed by atoms with Crippen molar-refractivity contribution in [2.45, 2.75) is 12.5 Å². The number of aromatic nitrogens is 2. The van der Waals surface area contributed by atoms with Crippen molar-refractivity contribution >= 4 is 23.3 Å². The molecule has 21 heavy (non-hydrogen) atoms. The lowest BCUT2D eigenvalue weighted by Gasteiger charge is -2.18. The maximum absolute atomic E-state index is 13.2. The molecule has 0 unspecified atom stereocenters. The van der Waals surface area contributed by atoms with Crippen LogP contribution in [0.4, 0.5) is 27.7 Å². The zero-order valence-corrected chi connectivity index (χ0v) is 11.5. The highest BCUT2D eigenvalue weighted by atomic mass is 19.1. The summed E-state index contributed by atoms with van der Waals surface area (Å²) in [6, 6.07) is 8.11. The molecular formula is C14H17FN6. The van der Waals surface area contributed by atoms with Crippen LogP contribution in [0.3, 0.4) is 0 Å². The molecule has 1 atom stereocenters. The van der Waals surface area contributed by atoms with Crippen molar-refractivity contribution in [3.63, 3.8) is 0 Å². The largest absolute Gasteiger partial charge is 0.368 e. The Balaban J connectivity index is 1.84. The summed E-state index contributed by atoms with van der Waals surface area (Å²) in [5.74, 6) is 1.12. The van der Waals surface area contributed by atoms with E-state index in [4.69, 9.17) is 11.5 Å². The first-order chi connectivity index (χ1) is 10.1. The van der Waals surface area contributed by atoms with E-state index < -0.39 is 0 Å². The van der Waals surface area contributed by atoms with E-state index in [1.165, 1.54) is 12.1 Å². The standard InChI is InChI=1S/C14H17FN6/c15-9-2-1-3-11(6-9)18-12-7-13(20-14(17)19-12)21-5-4-10(16)8-21/h1-3,6-7,10H,4-5,8,16H2,(H3,17,18,19,20)/t10-/m1/s1. The van der Waals surface area contributed by atoms with Gasteiger partial charge in [-0.15, -0.1) is 0 Å². The second-order valence-corrected chi connectivity index (χ2v) is 5.10. The lowest BCUT2D eigenvalue weighted by molar-refractivity contribution is 0.628. The van der Waals surface area contributed by atoms with Gasteiger partial charge in [0.15, 0.2) is 0 Å². The average molecular weight is 288 g/mol. The summed E-state index contributed by atoms with van der Waals surface area (Å²) in [4.78, 5) is 10.4. The molecule has 2 aromatic rings. The van der Waals surface area contributed by atoms with Crippen LogP contribution in [0.25, 0.3) is 0 Å². The van der Waals surface area contributed by atoms with Gasteiger partial charge in [-0.1, -0.05) is 6.07 Å². The fourth-order valence-electron chi connectivity index (χ4n) is 2.39. The summed E-state index contributed by atoms with van der Waals surface area (Å²) in [6.45, 7) is 1.59. The Bertz CT molecular complexity index is 647. The maximum atomic E-state index is 13.2. The molecule has 1 aromatic heterocycles. The summed E-state index contributed by atoms with van der Waals surface area (Å²) in [5.41, 5.74) is 12.3. The third-order valence-corrected chi connectivity index (χ3v) is 3.38. The molecular weight excluding hydrogens is 271 g/mol. The van der Waals surface area contributed by atoms with Crippen molar-refractivity contribution in [3.05, 3.63) is 36.1 Å². The van der Waals surface area contributed by atoms with Crippen LogP contribution in [0, 0.1) is 5.82 Å². The first kappa shape index (κ1) is 13.6. The van der Waals surface area contributed by atoms with Crippen molar-refractivity contribution in [2.75, 3.05) is 29.0 Å². The van der Waals surface area contributed by atoms with Gasteiger partial charge in [-0.25, -0.2) is 4.39 Å². The number of anilines is 4. The minimum absolute atomic E-state index is 0.154. The summed E-state index contributed by atoms with van der Waals surface area (Å²) < 4.78 is 13.2. The van der Waals surface area contributed by atoms with E-state index in [1.807, 2.05) is 0 Å². The van der Waals surface area contributed by atoms with Crippen LogP contribution in [0.15, 0.2) is 30.3 Å². The van der Waals surface area contributed by atoms with Gasteiger partial charge in [0.05, 0.1) is 0 Å². The van der Waals surface area contributed by atoms with Gasteiger partial charge in [-0.3, -0.25) is 0 Å². The monoisotopic (exact) mass is 288 g/mol. The van der Waals surface area contributed by atoms with Crippen LogP contribution in [0.2, 0.25) is 0 Å². The minimum atomic E-state index is -0.312. The van der Waals surface area contributed by atoms with Crippen molar-refractivity contribution in [2.24, 2.45) is 5.73 Å². The van der Waals surface area contributed by atoms with Crippen LogP contribution in [0.5, 0.6) is 0 Å². The summed E-state index contributed by atoms with van der Waals surface area (Å²) in [7, 11) is 0. The third-order valence-electron chi connectivity index (χ3n) is 3.38. The Morgan fingerprint density at radius 2 is 2.14 bits per heavy atom. The molecule has 1 saturated heterocycles. The summed E-state index contributed by atoms with van der Waals surface area (Å²) in [6.07, 6.45) is 0.927. The predicted octanol–water partition coefficient (Wildman–Crippen LogP) is 1.48. The second-order valence-electron chi connectivity index (χ2n) is 5.10. The molecule has 7 heteroatoms. The third kappa shape index (κ3) is 3.19. The van der Waals surface area contributed by atoms with Gasteiger partial charge in [0.25, 0.3) is 0 Å². The summed E-state index contributed by atoms with van der Waals surface area (Å²) in [5, 5.41) is 3.03. The highest BCUT2D eigenvalue weighted by Gasteiger charge is 2.21. The molecule has 0 spiro atoms. The Hall–Kier alpha value is -2.41. The minimum Gasteiger partial charge on any atom is -0.368 e. The van der Waals surface area contributed by atoms with Gasteiger partial charge in [-0.2, -0.15) is 9.97 Å². The average Bonchev–Trinajstić information content (AvgIpc) is 2.85. The maximum Gasteiger partial charge on any atom is 0.223 e. The normalized spacial score (nSPS) is 18.0. The van der Waals surface area contributed by atoms with E-state index in [-0.39, 0.29) is 17.8 Å². The van der Waals surface area contributed by atoms with E-state index in [1.54, 1.807) is 18.2 Å². The molecule has 6 nitrogen and oxygen atoms in total. The van der Waals surface area contributed by atoms with Crippen LogP contribution >= 0.6 is 0 Å². The zero-order valence-electron chi connectivity index (χ0n) is 11.5. The Kier molecular flexibility index (Phi) is 3.57. The molecule has 1 fully saturated rings. The zero-order chi connectivity index (χ0) is 14.8. The van der Waals surface area contributed by atoms with Gasteiger partial charge >= 0.3 is 0 Å². The number of nitrogens with two attached hydrogens (primary N) is 2. The van der Waals surface area contributed by atoms with E-state index in [9.17, 15) is 4.39 Å². The van der Waals surface area contributed by atoms with E-state index in [2.05, 4.69) is 20.2 Å². The van der Waals surface area contributed by atoms with Gasteiger partial charge in [0.2, 0.25) is 5.95 Å². The molecule has 3 rings (SSSR count). The predicted molar refractivity (Wildman–Crippen MR) is 80.9 cm³/mol. The lowest BCUT2D eigenvalue weighted by atomic mass is 10.3. The molecule has 110 valence electrons. The van der Waals surface area contributed by atoms with Gasteiger partial charge < -0.3 is 21.7 Å². The SMILES string of the molecule is Nc1nc(Nc2cccc(F)c2)cc(N2CC[C@@H](N)C2)n1. The lowest BCUT2D eigenvalue weighted by Crippen LogP contribution is -2.27. The number of halogens is 1. The number of hydrogen-bond acceptors (Lipinski definition) is 6. The number of hydrogen-bond donors (Lipinski definition) is 3. The summed E-state index contributed by atoms with van der Waals surface area (Å²) >= 11 is 0. The van der Waals surface area contributed by atoms with Crippen LogP contribution in [0.1, 0.15) is 6.42 Å². The second kappa shape index (κ2) is 5.53. The molecule has 2 heterocycles. The molecule has 0 aliphatic carbocycles. The van der Waals surface area contributed by atoms with Gasteiger partial charge in [-0.05, 0) is 24.6 Å². The highest BCUT2D eigenvalue weighted by molar-refractivity contribution is 5.61. The topological polar surface area (TPSA) is 93.1 Å². The highest BCUT2D eigenvalue weighted by Crippen LogP contribution is 2.23. The first-order valence-electron chi connectivity index (χ1n) is 6.78. The number of rotatable bonds is 3. The molecule has 1 aromatic carbocycles. The Morgan fingerprint density at radius 3 is 2.86 bits per heavy atom. The van der Waals surface area contributed by atoms with Gasteiger partial charge in [0, 0.05) is 30.9 Å². The first-order valence-corrected chi connectivity index (χ1v) is 6.78. The van der Waals surface area contributed by atoms with Crippen LogP contribution in [-0.2, 0) is 0 Å². The van der Waals surface area contributed by atoms with E-state index in [0.29, 0.717) is 11.5 Å². The number of nitrogens with zero attached hydrogens (tertiary/aromatic N) is 3. The van der Waals surface area contributed by atoms with Crippen molar-refractivity contribution in [1.82, 2.24) is 9.97 Å². The fourth-order valence-corrected chi connectivity index (χ4v) is 2.39. The molecule has 0 amide bonds. The molecule has 1 aliphatic rings. The van der Waals surface area contributed by atoms with E-state index in [0.717, 1.165) is 25.3 Å². The molecule has 0 radical (unpaired) electrons. The molecule has 0 bridgehead atoms. The van der Waals surface area contributed by atoms with Crippen molar-refractivity contribution in [1.29, 1.82) is 0 Å². The molecule has 5 N–H and O–H groups in total. The van der Waals surface area contributed by atoms with Gasteiger partial charge in [0.1, 0.15) is 17.5 Å². The number of nitrogens with one attached hydrogen (secondary N) is 1. The number of nitrogen functional groups attached to an aromatic ring is 1.